The molecule has 0 aliphatic heterocycles. The molecule has 8 heteroatoms. The molecule has 192 valence electrons. The molecule has 1 saturated carbocycles. The van der Waals surface area contributed by atoms with E-state index < -0.39 is 23.3 Å². The molecule has 4 rings (SSSR count). The smallest absolute Gasteiger partial charge is 0.341 e. The Bertz CT molecular complexity index is 1330. The number of hydrogen-bond donors (Lipinski definition) is 2. The van der Waals surface area contributed by atoms with Crippen molar-refractivity contribution in [2.75, 3.05) is 6.61 Å². The van der Waals surface area contributed by atoms with E-state index in [-0.39, 0.29) is 41.0 Å². The number of halogens is 2. The van der Waals surface area contributed by atoms with Gasteiger partial charge in [0.25, 0.3) is 0 Å². The molecule has 6 nitrogen and oxygen atoms in total. The van der Waals surface area contributed by atoms with Crippen molar-refractivity contribution in [3.8, 4) is 5.75 Å². The molecular weight excluding hydrogens is 485 g/mol. The number of fused-ring (bicyclic) bond motifs is 1. The van der Waals surface area contributed by atoms with Gasteiger partial charge in [-0.1, -0.05) is 43.0 Å². The second-order valence-electron chi connectivity index (χ2n) is 9.78. The number of ether oxygens (including phenoxy) is 1. The van der Waals surface area contributed by atoms with Crippen LogP contribution in [-0.2, 0) is 6.42 Å². The summed E-state index contributed by atoms with van der Waals surface area (Å²) in [5.41, 5.74) is 0.360. The van der Waals surface area contributed by atoms with Crippen LogP contribution in [0.25, 0.3) is 10.9 Å². The zero-order valence-electron chi connectivity index (χ0n) is 20.5. The monoisotopic (exact) mass is 515 g/mol. The van der Waals surface area contributed by atoms with Gasteiger partial charge in [0.1, 0.15) is 17.1 Å². The lowest BCUT2D eigenvalue weighted by molar-refractivity contribution is 0.0693. The normalized spacial score (nSPS) is 15.4. The highest BCUT2D eigenvalue weighted by atomic mass is 35.5. The van der Waals surface area contributed by atoms with Gasteiger partial charge in [0.15, 0.2) is 0 Å². The van der Waals surface area contributed by atoms with E-state index in [1.165, 1.54) is 12.3 Å². The molecule has 0 saturated heterocycles. The molecule has 1 fully saturated rings. The van der Waals surface area contributed by atoms with Crippen LogP contribution in [0.3, 0.4) is 0 Å². The molecule has 1 heterocycles. The van der Waals surface area contributed by atoms with Crippen molar-refractivity contribution in [1.82, 2.24) is 4.57 Å². The summed E-state index contributed by atoms with van der Waals surface area (Å²) < 4.78 is 22.5. The average Bonchev–Trinajstić information content (AvgIpc) is 2.84. The number of carboxylic acid groups (broad SMARTS) is 1. The summed E-state index contributed by atoms with van der Waals surface area (Å²) in [6.45, 7) is 3.51. The number of aromatic carboxylic acids is 1. The Hall–Kier alpha value is -2.90. The quantitative estimate of drug-likeness (QED) is 0.385. The molecule has 3 aromatic rings. The third-order valence-corrected chi connectivity index (χ3v) is 7.20. The van der Waals surface area contributed by atoms with E-state index >= 15 is 0 Å². The number of hydrogen-bond acceptors (Lipinski definition) is 4. The van der Waals surface area contributed by atoms with Crippen LogP contribution in [0.5, 0.6) is 5.75 Å². The van der Waals surface area contributed by atoms with Crippen LogP contribution in [0.2, 0.25) is 5.02 Å². The summed E-state index contributed by atoms with van der Waals surface area (Å²) in [4.78, 5) is 25.4. The van der Waals surface area contributed by atoms with Gasteiger partial charge in [-0.2, -0.15) is 0 Å². The fourth-order valence-corrected chi connectivity index (χ4v) is 5.45. The van der Waals surface area contributed by atoms with Crippen molar-refractivity contribution in [3.05, 3.63) is 74.3 Å². The summed E-state index contributed by atoms with van der Waals surface area (Å²) >= 11 is 5.96. The van der Waals surface area contributed by atoms with Gasteiger partial charge < -0.3 is 19.5 Å². The Morgan fingerprint density at radius 3 is 2.58 bits per heavy atom. The first-order chi connectivity index (χ1) is 17.2. The fraction of sp³-hybridized carbons (Fsp3) is 0.429. The molecule has 0 radical (unpaired) electrons. The summed E-state index contributed by atoms with van der Waals surface area (Å²) in [6, 6.07) is 7.69. The largest absolute Gasteiger partial charge is 0.489 e. The van der Waals surface area contributed by atoms with Gasteiger partial charge in [-0.05, 0) is 61.9 Å². The van der Waals surface area contributed by atoms with Gasteiger partial charge >= 0.3 is 5.97 Å². The lowest BCUT2D eigenvalue weighted by Crippen LogP contribution is -2.29. The lowest BCUT2D eigenvalue weighted by atomic mass is 9.83. The molecule has 2 aromatic carbocycles. The van der Waals surface area contributed by atoms with E-state index in [0.717, 1.165) is 32.1 Å². The molecule has 1 unspecified atom stereocenters. The van der Waals surface area contributed by atoms with Crippen LogP contribution in [0.1, 0.15) is 73.5 Å². The highest BCUT2D eigenvalue weighted by Crippen LogP contribution is 2.37. The minimum Gasteiger partial charge on any atom is -0.489 e. The first kappa shape index (κ1) is 26.2. The first-order valence-electron chi connectivity index (χ1n) is 12.4. The number of pyridine rings is 1. The van der Waals surface area contributed by atoms with Crippen molar-refractivity contribution in [3.63, 3.8) is 0 Å². The maximum absolute atomic E-state index is 14.6. The molecular formula is C28H31ClFNO5. The summed E-state index contributed by atoms with van der Waals surface area (Å²) in [6.07, 6.45) is 6.26. The van der Waals surface area contributed by atoms with E-state index in [0.29, 0.717) is 22.4 Å². The van der Waals surface area contributed by atoms with Crippen molar-refractivity contribution in [1.29, 1.82) is 0 Å². The molecule has 1 aromatic heterocycles. The predicted molar refractivity (Wildman–Crippen MR) is 138 cm³/mol. The second kappa shape index (κ2) is 11.0. The molecule has 0 bridgehead atoms. The zero-order chi connectivity index (χ0) is 26.0. The molecule has 1 aliphatic rings. The molecule has 2 N–H and O–H groups in total. The fourth-order valence-electron chi connectivity index (χ4n) is 5.26. The van der Waals surface area contributed by atoms with Gasteiger partial charge in [0, 0.05) is 12.6 Å². The average molecular weight is 516 g/mol. The number of aliphatic hydroxyl groups excluding tert-OH is 1. The number of nitrogens with zero attached hydrogens (tertiary/aromatic N) is 1. The van der Waals surface area contributed by atoms with Gasteiger partial charge in [-0.15, -0.1) is 0 Å². The Labute approximate surface area is 214 Å². The van der Waals surface area contributed by atoms with Gasteiger partial charge in [-0.3, -0.25) is 4.79 Å². The third-order valence-electron chi connectivity index (χ3n) is 6.91. The van der Waals surface area contributed by atoms with Crippen LogP contribution < -0.4 is 10.2 Å². The Morgan fingerprint density at radius 1 is 1.22 bits per heavy atom. The topological polar surface area (TPSA) is 88.8 Å². The Kier molecular flexibility index (Phi) is 8.00. The minimum absolute atomic E-state index is 0.000678. The van der Waals surface area contributed by atoms with Gasteiger partial charge in [0.05, 0.1) is 34.7 Å². The van der Waals surface area contributed by atoms with Crippen LogP contribution in [-0.4, -0.2) is 33.5 Å². The van der Waals surface area contributed by atoms with Crippen molar-refractivity contribution in [2.24, 2.45) is 5.92 Å². The van der Waals surface area contributed by atoms with E-state index in [4.69, 9.17) is 16.3 Å². The number of aliphatic hydroxyl groups is 1. The van der Waals surface area contributed by atoms with Crippen LogP contribution >= 0.6 is 11.6 Å². The van der Waals surface area contributed by atoms with E-state index in [1.807, 2.05) is 13.8 Å². The Balaban J connectivity index is 1.98. The van der Waals surface area contributed by atoms with E-state index in [2.05, 4.69) is 0 Å². The summed E-state index contributed by atoms with van der Waals surface area (Å²) in [5, 5.41) is 20.4. The number of rotatable bonds is 8. The Morgan fingerprint density at radius 2 is 1.94 bits per heavy atom. The minimum atomic E-state index is -1.34. The SMILES string of the molecule is CC(C)Oc1cc(Cc2cccc(Cl)c2F)cc2c(=O)c(C(=O)O)cn(C(CO)C3CCCCC3)c12. The predicted octanol–water partition coefficient (Wildman–Crippen LogP) is 5.98. The number of carboxylic acids is 1. The van der Waals surface area contributed by atoms with E-state index in [9.17, 15) is 24.2 Å². The molecule has 36 heavy (non-hydrogen) atoms. The molecule has 1 atom stereocenters. The first-order valence-corrected chi connectivity index (χ1v) is 12.7. The van der Waals surface area contributed by atoms with Crippen molar-refractivity contribution < 1.29 is 24.1 Å². The number of benzene rings is 2. The van der Waals surface area contributed by atoms with Gasteiger partial charge in [-0.25, -0.2) is 9.18 Å². The molecule has 0 amide bonds. The van der Waals surface area contributed by atoms with Crippen molar-refractivity contribution in [2.45, 2.75) is 64.5 Å². The lowest BCUT2D eigenvalue weighted by Gasteiger charge is -2.32. The van der Waals surface area contributed by atoms with Crippen LogP contribution in [0.4, 0.5) is 4.39 Å². The second-order valence-corrected chi connectivity index (χ2v) is 10.2. The maximum atomic E-state index is 14.6. The molecule has 0 spiro atoms. The van der Waals surface area contributed by atoms with Gasteiger partial charge in [0.2, 0.25) is 5.43 Å². The van der Waals surface area contributed by atoms with E-state index in [1.54, 1.807) is 28.8 Å². The highest BCUT2D eigenvalue weighted by Gasteiger charge is 2.29. The maximum Gasteiger partial charge on any atom is 0.341 e. The number of aromatic nitrogens is 1. The van der Waals surface area contributed by atoms with Crippen LogP contribution in [0, 0.1) is 11.7 Å². The summed E-state index contributed by atoms with van der Waals surface area (Å²) in [7, 11) is 0. The van der Waals surface area contributed by atoms with Crippen LogP contribution in [0.15, 0.2) is 41.3 Å². The highest BCUT2D eigenvalue weighted by molar-refractivity contribution is 6.30. The standard InChI is InChI=1S/C28H31ClFNO5/c1-16(2)36-24-13-17(11-19-9-6-10-22(29)25(19)30)12-20-26(24)31(14-21(27(20)33)28(34)35)23(15-32)18-7-4-3-5-8-18/h6,9-10,12-14,16,18,23,32H,3-5,7-8,11,15H2,1-2H3,(H,34,35). The number of carbonyl (C=O) groups is 1. The zero-order valence-corrected chi connectivity index (χ0v) is 21.2. The summed E-state index contributed by atoms with van der Waals surface area (Å²) in [5.74, 6) is -1.35. The molecule has 1 aliphatic carbocycles. The van der Waals surface area contributed by atoms with Crippen molar-refractivity contribution >= 4 is 28.5 Å². The third kappa shape index (κ3) is 5.27.